The van der Waals surface area contributed by atoms with Crippen LogP contribution in [0.4, 0.5) is 0 Å². The quantitative estimate of drug-likeness (QED) is 0.542. The van der Waals surface area contributed by atoms with E-state index in [9.17, 15) is 14.4 Å². The number of amides is 1. The Kier molecular flexibility index (Phi) is 4.59. The van der Waals surface area contributed by atoms with Crippen LogP contribution >= 0.6 is 11.3 Å². The number of nitrogens with one attached hydrogen (secondary N) is 1. The zero-order valence-electron chi connectivity index (χ0n) is 16.1. The molecule has 1 amide bonds. The summed E-state index contributed by atoms with van der Waals surface area (Å²) in [6.45, 7) is 0.328. The van der Waals surface area contributed by atoms with Gasteiger partial charge in [0.25, 0.3) is 11.5 Å². The van der Waals surface area contributed by atoms with Gasteiger partial charge in [-0.05, 0) is 42.0 Å². The van der Waals surface area contributed by atoms with Crippen LogP contribution in [-0.2, 0) is 6.54 Å². The fourth-order valence-electron chi connectivity index (χ4n) is 3.58. The minimum absolute atomic E-state index is 0.190. The number of thiophene rings is 1. The molecular formula is C23H19N3O3S. The van der Waals surface area contributed by atoms with Crippen molar-refractivity contribution in [3.63, 3.8) is 0 Å². The summed E-state index contributed by atoms with van der Waals surface area (Å²) >= 11 is 1.23. The molecular weight excluding hydrogens is 398 g/mol. The summed E-state index contributed by atoms with van der Waals surface area (Å²) < 4.78 is 2.72. The van der Waals surface area contributed by atoms with Gasteiger partial charge < -0.3 is 5.32 Å². The summed E-state index contributed by atoms with van der Waals surface area (Å²) in [5, 5.41) is 5.12. The molecule has 6 nitrogen and oxygen atoms in total. The van der Waals surface area contributed by atoms with Gasteiger partial charge >= 0.3 is 5.69 Å². The molecule has 150 valence electrons. The molecule has 2 aromatic carbocycles. The summed E-state index contributed by atoms with van der Waals surface area (Å²) in [6.07, 6.45) is 1.93. The molecule has 4 aromatic rings. The van der Waals surface area contributed by atoms with Crippen LogP contribution < -0.4 is 16.6 Å². The van der Waals surface area contributed by atoms with Gasteiger partial charge in [0.2, 0.25) is 0 Å². The molecule has 5 rings (SSSR count). The van der Waals surface area contributed by atoms with Gasteiger partial charge in [-0.15, -0.1) is 11.3 Å². The van der Waals surface area contributed by atoms with Gasteiger partial charge in [0.1, 0.15) is 4.88 Å². The number of aromatic nitrogens is 2. The van der Waals surface area contributed by atoms with Crippen molar-refractivity contribution in [1.29, 1.82) is 0 Å². The molecule has 2 aromatic heterocycles. The Hall–Kier alpha value is -3.45. The molecule has 30 heavy (non-hydrogen) atoms. The molecule has 1 aliphatic rings. The third kappa shape index (κ3) is 3.27. The maximum atomic E-state index is 13.5. The molecule has 1 aliphatic carbocycles. The predicted octanol–water partition coefficient (Wildman–Crippen LogP) is 3.15. The topological polar surface area (TPSA) is 73.1 Å². The number of rotatable bonds is 5. The lowest BCUT2D eigenvalue weighted by molar-refractivity contribution is 0.0955. The number of para-hydroxylation sites is 1. The fraction of sp³-hybridized carbons (Fsp3) is 0.174. The number of hydrogen-bond acceptors (Lipinski definition) is 4. The van der Waals surface area contributed by atoms with Crippen LogP contribution in [0.3, 0.4) is 0 Å². The predicted molar refractivity (Wildman–Crippen MR) is 118 cm³/mol. The molecule has 7 heteroatoms. The van der Waals surface area contributed by atoms with Crippen molar-refractivity contribution in [2.45, 2.75) is 25.4 Å². The van der Waals surface area contributed by atoms with Crippen LogP contribution in [0.1, 0.15) is 28.1 Å². The van der Waals surface area contributed by atoms with Gasteiger partial charge in [0.15, 0.2) is 0 Å². The Morgan fingerprint density at radius 1 is 1.00 bits per heavy atom. The van der Waals surface area contributed by atoms with E-state index in [0.717, 1.165) is 23.0 Å². The van der Waals surface area contributed by atoms with Crippen molar-refractivity contribution in [3.8, 4) is 5.69 Å². The van der Waals surface area contributed by atoms with E-state index in [0.29, 0.717) is 28.0 Å². The zero-order valence-corrected chi connectivity index (χ0v) is 16.9. The Morgan fingerprint density at radius 3 is 2.50 bits per heavy atom. The second-order valence-electron chi connectivity index (χ2n) is 7.39. The minimum atomic E-state index is -0.457. The summed E-state index contributed by atoms with van der Waals surface area (Å²) in [4.78, 5) is 39.9. The van der Waals surface area contributed by atoms with E-state index in [2.05, 4.69) is 5.32 Å². The van der Waals surface area contributed by atoms with Gasteiger partial charge in [-0.2, -0.15) is 0 Å². The first-order chi connectivity index (χ1) is 14.6. The second-order valence-corrected chi connectivity index (χ2v) is 8.31. The molecule has 0 bridgehead atoms. The number of benzene rings is 2. The van der Waals surface area contributed by atoms with Crippen LogP contribution in [0.2, 0.25) is 0 Å². The number of nitrogens with zero attached hydrogens (tertiary/aromatic N) is 2. The van der Waals surface area contributed by atoms with Crippen molar-refractivity contribution in [2.75, 3.05) is 0 Å². The highest BCUT2D eigenvalue weighted by Gasteiger charge is 2.27. The lowest BCUT2D eigenvalue weighted by atomic mass is 10.2. The normalized spacial score (nSPS) is 13.5. The van der Waals surface area contributed by atoms with Gasteiger partial charge in [0, 0.05) is 6.04 Å². The highest BCUT2D eigenvalue weighted by molar-refractivity contribution is 7.12. The van der Waals surface area contributed by atoms with Crippen LogP contribution in [0.25, 0.3) is 16.6 Å². The van der Waals surface area contributed by atoms with E-state index in [-0.39, 0.29) is 11.9 Å². The second kappa shape index (κ2) is 7.42. The molecule has 1 saturated carbocycles. The molecule has 0 aliphatic heterocycles. The molecule has 0 atom stereocenters. The van der Waals surface area contributed by atoms with E-state index in [1.807, 2.05) is 36.4 Å². The molecule has 0 spiro atoms. The van der Waals surface area contributed by atoms with Crippen LogP contribution in [-0.4, -0.2) is 21.1 Å². The number of carbonyl (C=O) groups excluding carboxylic acids is 1. The minimum Gasteiger partial charge on any atom is -0.349 e. The number of fused-ring (bicyclic) bond motifs is 1. The molecule has 0 unspecified atom stereocenters. The number of hydrogen-bond donors (Lipinski definition) is 1. The standard InChI is InChI=1S/C23H19N3O3S/c27-21(24-16-10-11-16)20-19(12-13-30-20)26-22(28)17-8-4-5-9-18(17)25(23(26)29)14-15-6-2-1-3-7-15/h1-9,12-13,16H,10-11,14H2,(H,24,27). The maximum absolute atomic E-state index is 13.5. The first kappa shape index (κ1) is 18.6. The van der Waals surface area contributed by atoms with E-state index in [1.54, 1.807) is 34.2 Å². The van der Waals surface area contributed by atoms with E-state index < -0.39 is 11.2 Å². The van der Waals surface area contributed by atoms with Gasteiger partial charge in [-0.25, -0.2) is 9.36 Å². The fourth-order valence-corrected chi connectivity index (χ4v) is 4.36. The number of carbonyl (C=O) groups is 1. The van der Waals surface area contributed by atoms with Crippen LogP contribution in [0.5, 0.6) is 0 Å². The Bertz CT molecular complexity index is 1360. The highest BCUT2D eigenvalue weighted by Crippen LogP contribution is 2.24. The maximum Gasteiger partial charge on any atom is 0.336 e. The average molecular weight is 417 g/mol. The van der Waals surface area contributed by atoms with Crippen LogP contribution in [0.15, 0.2) is 75.6 Å². The van der Waals surface area contributed by atoms with Crippen molar-refractivity contribution in [2.24, 2.45) is 0 Å². The first-order valence-electron chi connectivity index (χ1n) is 9.81. The molecule has 0 radical (unpaired) electrons. The lowest BCUT2D eigenvalue weighted by Gasteiger charge is -2.14. The zero-order chi connectivity index (χ0) is 20.7. The van der Waals surface area contributed by atoms with E-state index in [1.165, 1.54) is 11.3 Å². The average Bonchev–Trinajstić information content (AvgIpc) is 3.45. The molecule has 2 heterocycles. The lowest BCUT2D eigenvalue weighted by Crippen LogP contribution is -2.40. The largest absolute Gasteiger partial charge is 0.349 e. The molecule has 1 fully saturated rings. The van der Waals surface area contributed by atoms with Crippen molar-refractivity contribution >= 4 is 28.1 Å². The van der Waals surface area contributed by atoms with Crippen LogP contribution in [0, 0.1) is 0 Å². The molecule has 1 N–H and O–H groups in total. The molecule has 0 saturated heterocycles. The van der Waals surface area contributed by atoms with E-state index >= 15 is 0 Å². The van der Waals surface area contributed by atoms with Gasteiger partial charge in [-0.1, -0.05) is 42.5 Å². The van der Waals surface area contributed by atoms with Gasteiger partial charge in [-0.3, -0.25) is 14.2 Å². The van der Waals surface area contributed by atoms with Crippen molar-refractivity contribution in [3.05, 3.63) is 97.3 Å². The van der Waals surface area contributed by atoms with Crippen molar-refractivity contribution in [1.82, 2.24) is 14.5 Å². The summed E-state index contributed by atoms with van der Waals surface area (Å²) in [7, 11) is 0. The smallest absolute Gasteiger partial charge is 0.336 e. The SMILES string of the molecule is O=C(NC1CC1)c1sccc1-n1c(=O)c2ccccc2n(Cc2ccccc2)c1=O. The highest BCUT2D eigenvalue weighted by atomic mass is 32.1. The monoisotopic (exact) mass is 417 g/mol. The van der Waals surface area contributed by atoms with Crippen molar-refractivity contribution < 1.29 is 4.79 Å². The first-order valence-corrected chi connectivity index (χ1v) is 10.7. The summed E-state index contributed by atoms with van der Waals surface area (Å²) in [6, 6.07) is 18.6. The third-order valence-electron chi connectivity index (χ3n) is 5.24. The Balaban J connectivity index is 1.72. The van der Waals surface area contributed by atoms with Gasteiger partial charge in [0.05, 0.1) is 23.1 Å². The third-order valence-corrected chi connectivity index (χ3v) is 6.14. The Labute approximate surface area is 176 Å². The summed E-state index contributed by atoms with van der Waals surface area (Å²) in [5.74, 6) is -0.239. The summed E-state index contributed by atoms with van der Waals surface area (Å²) in [5.41, 5.74) is 0.986. The Morgan fingerprint density at radius 2 is 1.73 bits per heavy atom. The van der Waals surface area contributed by atoms with E-state index in [4.69, 9.17) is 0 Å².